The Morgan fingerprint density at radius 3 is 2.21 bits per heavy atom. The maximum absolute atomic E-state index is 5.86. The standard InChI is InChI=1S/C32H39N/c1-9-12-22(5)28-17-18-29(27-14-13-21(4)23(6)20-27)24(7)31(28)30-16-15-26(11-3)32(25(30)8)33-19-10-2/h3,13-18,20,22,33H,9-10,12,19H2,1-2,4-8H3. The van der Waals surface area contributed by atoms with E-state index in [0.717, 1.165) is 24.2 Å². The molecule has 0 aromatic heterocycles. The van der Waals surface area contributed by atoms with Crippen molar-refractivity contribution in [1.82, 2.24) is 0 Å². The highest BCUT2D eigenvalue weighted by atomic mass is 14.9. The number of hydrogen-bond donors (Lipinski definition) is 1. The van der Waals surface area contributed by atoms with E-state index in [1.807, 2.05) is 0 Å². The summed E-state index contributed by atoms with van der Waals surface area (Å²) in [5, 5.41) is 3.60. The van der Waals surface area contributed by atoms with Crippen LogP contribution in [0.1, 0.15) is 79.3 Å². The van der Waals surface area contributed by atoms with Crippen LogP contribution < -0.4 is 5.32 Å². The van der Waals surface area contributed by atoms with Crippen molar-refractivity contribution in [3.8, 4) is 34.6 Å². The minimum absolute atomic E-state index is 0.497. The largest absolute Gasteiger partial charge is 0.384 e. The van der Waals surface area contributed by atoms with E-state index in [9.17, 15) is 0 Å². The van der Waals surface area contributed by atoms with Crippen molar-refractivity contribution in [2.75, 3.05) is 11.9 Å². The lowest BCUT2D eigenvalue weighted by atomic mass is 9.81. The molecule has 0 fully saturated rings. The molecule has 1 atom stereocenters. The smallest absolute Gasteiger partial charge is 0.0535 e. The Bertz CT molecular complexity index is 1180. The van der Waals surface area contributed by atoms with Crippen LogP contribution in [0.4, 0.5) is 5.69 Å². The number of rotatable bonds is 8. The summed E-state index contributed by atoms with van der Waals surface area (Å²) in [7, 11) is 0. The normalized spacial score (nSPS) is 11.8. The van der Waals surface area contributed by atoms with Crippen LogP contribution in [0.2, 0.25) is 0 Å². The van der Waals surface area contributed by atoms with Gasteiger partial charge in [-0.2, -0.15) is 0 Å². The molecule has 1 nitrogen and oxygen atoms in total. The monoisotopic (exact) mass is 437 g/mol. The molecule has 33 heavy (non-hydrogen) atoms. The lowest BCUT2D eigenvalue weighted by molar-refractivity contribution is 0.666. The zero-order valence-electron chi connectivity index (χ0n) is 21.5. The minimum Gasteiger partial charge on any atom is -0.384 e. The molecule has 1 N–H and O–H groups in total. The van der Waals surface area contributed by atoms with E-state index in [0.29, 0.717) is 5.92 Å². The fourth-order valence-electron chi connectivity index (χ4n) is 4.89. The van der Waals surface area contributed by atoms with Crippen molar-refractivity contribution in [2.45, 2.75) is 73.6 Å². The SMILES string of the molecule is C#Cc1ccc(-c2c(C(C)CCC)ccc(-c3ccc(C)c(C)c3)c2C)c(C)c1NCCC. The van der Waals surface area contributed by atoms with Gasteiger partial charge in [-0.25, -0.2) is 0 Å². The quantitative estimate of drug-likeness (QED) is 0.347. The molecule has 0 saturated heterocycles. The molecule has 3 aromatic rings. The predicted molar refractivity (Wildman–Crippen MR) is 146 cm³/mol. The number of anilines is 1. The third-order valence-corrected chi connectivity index (χ3v) is 7.01. The first kappa shape index (κ1) is 24.7. The van der Waals surface area contributed by atoms with Crippen LogP contribution in [-0.2, 0) is 0 Å². The zero-order chi connectivity index (χ0) is 24.1. The molecule has 3 aromatic carbocycles. The molecule has 0 saturated carbocycles. The lowest BCUT2D eigenvalue weighted by Crippen LogP contribution is -2.07. The molecule has 0 spiro atoms. The molecule has 172 valence electrons. The Hall–Kier alpha value is -2.98. The highest BCUT2D eigenvalue weighted by Gasteiger charge is 2.20. The minimum atomic E-state index is 0.497. The van der Waals surface area contributed by atoms with Crippen molar-refractivity contribution in [3.05, 3.63) is 75.8 Å². The first-order chi connectivity index (χ1) is 15.8. The summed E-state index contributed by atoms with van der Waals surface area (Å²) in [6.07, 6.45) is 9.28. The molecule has 1 heteroatoms. The van der Waals surface area contributed by atoms with E-state index >= 15 is 0 Å². The van der Waals surface area contributed by atoms with Gasteiger partial charge in [0.1, 0.15) is 0 Å². The molecule has 0 radical (unpaired) electrons. The molecule has 0 aliphatic carbocycles. The van der Waals surface area contributed by atoms with E-state index in [1.54, 1.807) is 0 Å². The van der Waals surface area contributed by atoms with Gasteiger partial charge in [0.05, 0.1) is 5.69 Å². The Kier molecular flexibility index (Phi) is 8.04. The van der Waals surface area contributed by atoms with Crippen LogP contribution in [0.25, 0.3) is 22.3 Å². The summed E-state index contributed by atoms with van der Waals surface area (Å²) in [5.74, 6) is 3.38. The van der Waals surface area contributed by atoms with Gasteiger partial charge < -0.3 is 5.32 Å². The molecule has 0 aliphatic heterocycles. The molecule has 1 unspecified atom stereocenters. The first-order valence-electron chi connectivity index (χ1n) is 12.4. The summed E-state index contributed by atoms with van der Waals surface area (Å²) < 4.78 is 0. The fraction of sp³-hybridized carbons (Fsp3) is 0.375. The Balaban J connectivity index is 2.30. The van der Waals surface area contributed by atoms with Gasteiger partial charge in [-0.05, 0) is 103 Å². The fourth-order valence-corrected chi connectivity index (χ4v) is 4.89. The highest BCUT2D eigenvalue weighted by molar-refractivity contribution is 5.86. The van der Waals surface area contributed by atoms with E-state index in [4.69, 9.17) is 6.42 Å². The van der Waals surface area contributed by atoms with Gasteiger partial charge in [0.2, 0.25) is 0 Å². The van der Waals surface area contributed by atoms with Crippen LogP contribution >= 0.6 is 0 Å². The number of hydrogen-bond acceptors (Lipinski definition) is 1. The van der Waals surface area contributed by atoms with Gasteiger partial charge in [-0.15, -0.1) is 6.42 Å². The van der Waals surface area contributed by atoms with Gasteiger partial charge in [-0.1, -0.05) is 69.5 Å². The van der Waals surface area contributed by atoms with Crippen LogP contribution in [0.5, 0.6) is 0 Å². The summed E-state index contributed by atoms with van der Waals surface area (Å²) >= 11 is 0. The van der Waals surface area contributed by atoms with E-state index in [2.05, 4.69) is 102 Å². The number of terminal acetylenes is 1. The van der Waals surface area contributed by atoms with E-state index < -0.39 is 0 Å². The highest BCUT2D eigenvalue weighted by Crippen LogP contribution is 2.42. The maximum Gasteiger partial charge on any atom is 0.0535 e. The second kappa shape index (κ2) is 10.8. The van der Waals surface area contributed by atoms with Crippen LogP contribution in [-0.4, -0.2) is 6.54 Å². The van der Waals surface area contributed by atoms with Crippen LogP contribution in [0.3, 0.4) is 0 Å². The van der Waals surface area contributed by atoms with Gasteiger partial charge in [0, 0.05) is 12.1 Å². The lowest BCUT2D eigenvalue weighted by Gasteiger charge is -2.24. The average molecular weight is 438 g/mol. The first-order valence-corrected chi connectivity index (χ1v) is 12.4. The second-order valence-corrected chi connectivity index (χ2v) is 9.42. The second-order valence-electron chi connectivity index (χ2n) is 9.42. The van der Waals surface area contributed by atoms with E-state index in [1.165, 1.54) is 62.9 Å². The Labute approximate surface area is 201 Å². The van der Waals surface area contributed by atoms with Crippen molar-refractivity contribution >= 4 is 5.69 Å². The Morgan fingerprint density at radius 1 is 0.848 bits per heavy atom. The third-order valence-electron chi connectivity index (χ3n) is 7.01. The predicted octanol–water partition coefficient (Wildman–Crippen LogP) is 8.96. The molecule has 0 aliphatic rings. The average Bonchev–Trinajstić information content (AvgIpc) is 2.80. The molecule has 0 amide bonds. The maximum atomic E-state index is 5.86. The van der Waals surface area contributed by atoms with Gasteiger partial charge in [-0.3, -0.25) is 0 Å². The van der Waals surface area contributed by atoms with Gasteiger partial charge in [0.15, 0.2) is 0 Å². The van der Waals surface area contributed by atoms with Crippen molar-refractivity contribution in [3.63, 3.8) is 0 Å². The third kappa shape index (κ3) is 5.01. The Morgan fingerprint density at radius 2 is 1.58 bits per heavy atom. The molecule has 0 bridgehead atoms. The summed E-state index contributed by atoms with van der Waals surface area (Å²) in [6, 6.07) is 15.8. The van der Waals surface area contributed by atoms with Gasteiger partial charge in [0.25, 0.3) is 0 Å². The number of nitrogens with one attached hydrogen (secondary N) is 1. The van der Waals surface area contributed by atoms with Crippen LogP contribution in [0.15, 0.2) is 42.5 Å². The summed E-state index contributed by atoms with van der Waals surface area (Å²) in [6.45, 7) is 16.6. The van der Waals surface area contributed by atoms with Crippen molar-refractivity contribution in [2.24, 2.45) is 0 Å². The van der Waals surface area contributed by atoms with Crippen molar-refractivity contribution in [1.29, 1.82) is 0 Å². The summed E-state index contributed by atoms with van der Waals surface area (Å²) in [4.78, 5) is 0. The van der Waals surface area contributed by atoms with Crippen molar-refractivity contribution < 1.29 is 0 Å². The molecule has 3 rings (SSSR count). The van der Waals surface area contributed by atoms with Gasteiger partial charge >= 0.3 is 0 Å². The molecular weight excluding hydrogens is 398 g/mol. The van der Waals surface area contributed by atoms with E-state index in [-0.39, 0.29) is 0 Å². The topological polar surface area (TPSA) is 12.0 Å². The molecular formula is C32H39N. The number of benzene rings is 3. The van der Waals surface area contributed by atoms with Crippen LogP contribution in [0, 0.1) is 40.0 Å². The summed E-state index contributed by atoms with van der Waals surface area (Å²) in [5.41, 5.74) is 14.0. The molecule has 0 heterocycles. The zero-order valence-corrected chi connectivity index (χ0v) is 21.5. The number of aryl methyl sites for hydroxylation is 2.